The fraction of sp³-hybridized carbons (Fsp3) is 0.250. The van der Waals surface area contributed by atoms with E-state index >= 15 is 0 Å². The number of rotatable bonds is 6. The van der Waals surface area contributed by atoms with Gasteiger partial charge in [-0.25, -0.2) is 4.98 Å². The van der Waals surface area contributed by atoms with Crippen molar-refractivity contribution in [2.75, 3.05) is 12.3 Å². The van der Waals surface area contributed by atoms with Crippen molar-refractivity contribution in [1.82, 2.24) is 9.97 Å². The van der Waals surface area contributed by atoms with E-state index in [-0.39, 0.29) is 0 Å². The summed E-state index contributed by atoms with van der Waals surface area (Å²) in [6.07, 6.45) is 1.97. The summed E-state index contributed by atoms with van der Waals surface area (Å²) in [5, 5.41) is 13.0. The van der Waals surface area contributed by atoms with Gasteiger partial charge in [0, 0.05) is 12.3 Å². The normalized spacial score (nSPS) is 11.2. The second-order valence-corrected chi connectivity index (χ2v) is 6.65. The molecule has 0 amide bonds. The molecule has 0 spiro atoms. The predicted octanol–water partition coefficient (Wildman–Crippen LogP) is 2.67. The van der Waals surface area contributed by atoms with Crippen molar-refractivity contribution < 1.29 is 5.32 Å². The third-order valence-corrected chi connectivity index (χ3v) is 4.24. The molecule has 3 aromatic rings. The highest BCUT2D eigenvalue weighted by molar-refractivity contribution is 6.07. The number of nitrogens with two attached hydrogens (primary N) is 2. The van der Waals surface area contributed by atoms with Crippen LogP contribution in [0.25, 0.3) is 10.8 Å². The van der Waals surface area contributed by atoms with Gasteiger partial charge in [0.2, 0.25) is 5.82 Å². The zero-order chi connectivity index (χ0) is 17.8. The smallest absolute Gasteiger partial charge is 0.238 e. The van der Waals surface area contributed by atoms with Crippen molar-refractivity contribution in [2.24, 2.45) is 5.92 Å². The minimum Gasteiger partial charge on any atom is -0.383 e. The Morgan fingerprint density at radius 1 is 1.12 bits per heavy atom. The molecule has 0 saturated carbocycles. The van der Waals surface area contributed by atoms with Crippen LogP contribution in [-0.4, -0.2) is 22.2 Å². The monoisotopic (exact) mass is 334 g/mol. The average Bonchev–Trinajstić information content (AvgIpc) is 2.60. The summed E-state index contributed by atoms with van der Waals surface area (Å²) in [6.45, 7) is 5.20. The minimum atomic E-state index is 0.371. The maximum atomic E-state index is 8.63. The minimum absolute atomic E-state index is 0.371. The maximum absolute atomic E-state index is 8.63. The van der Waals surface area contributed by atoms with Crippen LogP contribution in [0.15, 0.2) is 48.8 Å². The van der Waals surface area contributed by atoms with E-state index < -0.39 is 0 Å². The third kappa shape index (κ3) is 3.83. The Balaban J connectivity index is 1.93. The summed E-state index contributed by atoms with van der Waals surface area (Å²) in [5.74, 6) is 1.65. The number of quaternary nitrogens is 1. The number of nitrogens with zero attached hydrogens (tertiary/aromatic N) is 2. The molecule has 1 aromatic heterocycles. The summed E-state index contributed by atoms with van der Waals surface area (Å²) in [4.78, 5) is 8.45. The summed E-state index contributed by atoms with van der Waals surface area (Å²) in [6, 6.07) is 14.4. The number of hydrogen-bond acceptors (Lipinski definition) is 4. The molecule has 1 heterocycles. The third-order valence-electron chi connectivity index (χ3n) is 4.24. The Morgan fingerprint density at radius 3 is 2.68 bits per heavy atom. The second-order valence-electron chi connectivity index (χ2n) is 6.65. The summed E-state index contributed by atoms with van der Waals surface area (Å²) < 4.78 is 0. The van der Waals surface area contributed by atoms with Gasteiger partial charge < -0.3 is 11.1 Å². The molecule has 0 unspecified atom stereocenters. The molecule has 25 heavy (non-hydrogen) atoms. The van der Waals surface area contributed by atoms with E-state index in [0.29, 0.717) is 29.4 Å². The van der Waals surface area contributed by atoms with Gasteiger partial charge in [-0.1, -0.05) is 56.3 Å². The van der Waals surface area contributed by atoms with Gasteiger partial charge in [0.05, 0.1) is 12.3 Å². The Morgan fingerprint density at radius 2 is 1.88 bits per heavy atom. The van der Waals surface area contributed by atoms with E-state index in [1.807, 2.05) is 18.2 Å². The van der Waals surface area contributed by atoms with Crippen molar-refractivity contribution in [2.45, 2.75) is 20.3 Å². The molecule has 5 heteroatoms. The number of benzene rings is 2. The van der Waals surface area contributed by atoms with Crippen LogP contribution in [0.3, 0.4) is 0 Å². The van der Waals surface area contributed by atoms with Crippen LogP contribution in [0.5, 0.6) is 0 Å². The van der Waals surface area contributed by atoms with E-state index in [9.17, 15) is 0 Å². The average molecular weight is 334 g/mol. The quantitative estimate of drug-likeness (QED) is 0.605. The van der Waals surface area contributed by atoms with Crippen molar-refractivity contribution in [3.63, 3.8) is 0 Å². The molecule has 0 bridgehead atoms. The van der Waals surface area contributed by atoms with E-state index in [2.05, 4.69) is 53.4 Å². The first-order valence-corrected chi connectivity index (χ1v) is 8.54. The Kier molecular flexibility index (Phi) is 5.05. The number of nitrogens with one attached hydrogen (secondary N) is 1. The molecule has 5 N–H and O–H groups in total. The molecular weight excluding hydrogens is 310 g/mol. The largest absolute Gasteiger partial charge is 0.383 e. The van der Waals surface area contributed by atoms with Crippen LogP contribution in [0, 0.1) is 11.3 Å². The van der Waals surface area contributed by atoms with E-state index in [1.54, 1.807) is 0 Å². The fourth-order valence-corrected chi connectivity index (χ4v) is 2.95. The van der Waals surface area contributed by atoms with Crippen LogP contribution in [0.4, 0.5) is 11.6 Å². The highest BCUT2D eigenvalue weighted by Crippen LogP contribution is 2.22. The van der Waals surface area contributed by atoms with Crippen LogP contribution in [0.1, 0.15) is 25.0 Å². The van der Waals surface area contributed by atoms with Crippen LogP contribution < -0.4 is 11.1 Å². The Hall–Kier alpha value is -2.79. The summed E-state index contributed by atoms with van der Waals surface area (Å²) in [5.41, 5.74) is 8.29. The molecule has 0 saturated heterocycles. The van der Waals surface area contributed by atoms with Gasteiger partial charge in [-0.2, -0.15) is 4.98 Å². The SMILES string of the molecule is CC(C)C[NH2+]c1ncnc(N)c1C(=N)Cc1cccc2ccccc12. The number of nitrogen functional groups attached to an aromatic ring is 1. The second kappa shape index (κ2) is 7.40. The van der Waals surface area contributed by atoms with E-state index in [0.717, 1.165) is 23.3 Å². The first-order chi connectivity index (χ1) is 12.1. The standard InChI is InChI=1S/C20H23N5/c1-13(2)11-23-20-18(19(22)24-12-25-20)17(21)10-15-8-5-7-14-6-3-4-9-16(14)15/h3-9,12-13,21H,10-11H2,1-2H3,(H3,22,23,24,25)/p+1. The lowest BCUT2D eigenvalue weighted by Crippen LogP contribution is -2.80. The lowest BCUT2D eigenvalue weighted by molar-refractivity contribution is -0.581. The maximum Gasteiger partial charge on any atom is 0.238 e. The Labute approximate surface area is 147 Å². The topological polar surface area (TPSA) is 92.3 Å². The van der Waals surface area contributed by atoms with Gasteiger partial charge in [-0.05, 0) is 16.3 Å². The van der Waals surface area contributed by atoms with E-state index in [1.165, 1.54) is 11.7 Å². The van der Waals surface area contributed by atoms with E-state index in [4.69, 9.17) is 11.1 Å². The van der Waals surface area contributed by atoms with Gasteiger partial charge in [0.15, 0.2) is 0 Å². The number of hydrogen-bond donors (Lipinski definition) is 3. The number of anilines is 1. The zero-order valence-electron chi connectivity index (χ0n) is 14.7. The number of fused-ring (bicyclic) bond motifs is 1. The molecule has 0 fully saturated rings. The van der Waals surface area contributed by atoms with Gasteiger partial charge in [-0.15, -0.1) is 0 Å². The van der Waals surface area contributed by atoms with Crippen molar-refractivity contribution >= 4 is 28.1 Å². The summed E-state index contributed by atoms with van der Waals surface area (Å²) in [7, 11) is 0. The highest BCUT2D eigenvalue weighted by atomic mass is 15.0. The van der Waals surface area contributed by atoms with Crippen LogP contribution >= 0.6 is 0 Å². The van der Waals surface area contributed by atoms with Crippen LogP contribution in [0.2, 0.25) is 0 Å². The van der Waals surface area contributed by atoms with Crippen molar-refractivity contribution in [3.8, 4) is 0 Å². The fourth-order valence-electron chi connectivity index (χ4n) is 2.95. The Bertz CT molecular complexity index is 896. The van der Waals surface area contributed by atoms with Crippen molar-refractivity contribution in [1.29, 1.82) is 5.41 Å². The van der Waals surface area contributed by atoms with Gasteiger partial charge in [-0.3, -0.25) is 5.32 Å². The molecule has 3 rings (SSSR count). The molecule has 0 aliphatic heterocycles. The molecule has 0 aliphatic carbocycles. The van der Waals surface area contributed by atoms with Gasteiger partial charge in [0.25, 0.3) is 0 Å². The number of aromatic nitrogens is 2. The zero-order valence-corrected chi connectivity index (χ0v) is 14.7. The molecule has 0 aliphatic rings. The lowest BCUT2D eigenvalue weighted by Gasteiger charge is -2.12. The molecular formula is C20H24N5+. The summed E-state index contributed by atoms with van der Waals surface area (Å²) >= 11 is 0. The van der Waals surface area contributed by atoms with Crippen LogP contribution in [-0.2, 0) is 6.42 Å². The highest BCUT2D eigenvalue weighted by Gasteiger charge is 2.19. The van der Waals surface area contributed by atoms with Gasteiger partial charge >= 0.3 is 0 Å². The first-order valence-electron chi connectivity index (χ1n) is 8.54. The van der Waals surface area contributed by atoms with Gasteiger partial charge in [0.1, 0.15) is 17.7 Å². The molecule has 128 valence electrons. The molecule has 0 radical (unpaired) electrons. The first kappa shape index (κ1) is 17.0. The molecule has 0 atom stereocenters. The van der Waals surface area contributed by atoms with Crippen molar-refractivity contribution in [3.05, 3.63) is 59.9 Å². The molecule has 2 aromatic carbocycles. The molecule has 5 nitrogen and oxygen atoms in total. The lowest BCUT2D eigenvalue weighted by atomic mass is 9.97. The predicted molar refractivity (Wildman–Crippen MR) is 102 cm³/mol.